The third-order valence-corrected chi connectivity index (χ3v) is 11.1. The molecule has 0 radical (unpaired) electrons. The normalized spacial score (nSPS) is 11.8. The molecule has 4 heteroatoms. The summed E-state index contributed by atoms with van der Waals surface area (Å²) in [4.78, 5) is 0. The molecule has 0 aliphatic rings. The van der Waals surface area contributed by atoms with Crippen LogP contribution in [0.4, 0.5) is 0 Å². The van der Waals surface area contributed by atoms with Gasteiger partial charge in [-0.05, 0) is 0 Å². The van der Waals surface area contributed by atoms with Crippen molar-refractivity contribution in [2.45, 2.75) is 6.16 Å². The molecule has 0 unspecified atom stereocenters. The molecule has 0 heterocycles. The van der Waals surface area contributed by atoms with Gasteiger partial charge in [-0.3, -0.25) is 0 Å². The van der Waals surface area contributed by atoms with Crippen LogP contribution >= 0.6 is 23.2 Å². The summed E-state index contributed by atoms with van der Waals surface area (Å²) in [6, 6.07) is 39.4. The minimum absolute atomic E-state index is 0.533. The summed E-state index contributed by atoms with van der Waals surface area (Å²) < 4.78 is 12.1. The molecule has 0 aliphatic carbocycles. The fourth-order valence-electron chi connectivity index (χ4n) is 4.33. The summed E-state index contributed by atoms with van der Waals surface area (Å²) in [5.41, 5.74) is 1.26. The van der Waals surface area contributed by atoms with E-state index in [0.717, 1.165) is 16.4 Å². The Morgan fingerprint density at radius 2 is 1.16 bits per heavy atom. The van der Waals surface area contributed by atoms with Crippen LogP contribution in [-0.2, 0) is 10.9 Å². The number of ether oxygens (including phenoxy) is 2. The van der Waals surface area contributed by atoms with E-state index in [1.54, 1.807) is 7.11 Å². The molecule has 0 spiro atoms. The zero-order valence-electron chi connectivity index (χ0n) is 18.2. The molecule has 0 aromatic heterocycles. The van der Waals surface area contributed by atoms with E-state index in [4.69, 9.17) is 9.47 Å². The van der Waals surface area contributed by atoms with Gasteiger partial charge in [0, 0.05) is 0 Å². The molecule has 2 nitrogen and oxygen atoms in total. The Kier molecular flexibility index (Phi) is 7.76. The Bertz CT molecular complexity index is 1020. The number of benzene rings is 4. The number of halogens is 1. The quantitative estimate of drug-likeness (QED) is 0.214. The van der Waals surface area contributed by atoms with Crippen molar-refractivity contribution in [2.75, 3.05) is 20.3 Å². The summed E-state index contributed by atoms with van der Waals surface area (Å²) >= 11 is 3.70. The van der Waals surface area contributed by atoms with Gasteiger partial charge in [0.15, 0.2) is 0 Å². The predicted molar refractivity (Wildman–Crippen MR) is 142 cm³/mol. The van der Waals surface area contributed by atoms with Crippen LogP contribution in [0.1, 0.15) is 5.56 Å². The standard InChI is InChI=1S/C28H28BrO2P/c1-30-17-18-31-25-20-23(19-24(29)21-25)22-32(26-11-5-2-6-12-26,27-13-7-3-8-14-27)28-15-9-4-10-16-28/h2-16,19-21,32H,17-18,22H2,1H3. The van der Waals surface area contributed by atoms with E-state index >= 15 is 0 Å². The first-order valence-electron chi connectivity index (χ1n) is 10.8. The van der Waals surface area contributed by atoms with E-state index in [2.05, 4.69) is 119 Å². The molecule has 0 saturated carbocycles. The summed E-state index contributed by atoms with van der Waals surface area (Å²) in [5, 5.41) is 4.21. The second-order valence-corrected chi connectivity index (χ2v) is 12.6. The Balaban J connectivity index is 1.87. The van der Waals surface area contributed by atoms with Gasteiger partial charge in [-0.2, -0.15) is 0 Å². The number of hydrogen-bond acceptors (Lipinski definition) is 2. The molecule has 0 fully saturated rings. The number of rotatable bonds is 9. The topological polar surface area (TPSA) is 18.5 Å². The van der Waals surface area contributed by atoms with Gasteiger partial charge >= 0.3 is 200 Å². The van der Waals surface area contributed by atoms with Crippen molar-refractivity contribution in [1.29, 1.82) is 0 Å². The van der Waals surface area contributed by atoms with E-state index in [9.17, 15) is 0 Å². The predicted octanol–water partition coefficient (Wildman–Crippen LogP) is 5.70. The van der Waals surface area contributed by atoms with E-state index < -0.39 is 7.26 Å². The minimum atomic E-state index is -2.35. The van der Waals surface area contributed by atoms with E-state index in [-0.39, 0.29) is 0 Å². The molecule has 32 heavy (non-hydrogen) atoms. The maximum absolute atomic E-state index is 5.96. The van der Waals surface area contributed by atoms with Crippen LogP contribution < -0.4 is 20.7 Å². The first-order chi connectivity index (χ1) is 15.7. The van der Waals surface area contributed by atoms with Crippen molar-refractivity contribution in [3.05, 3.63) is 119 Å². The molecular formula is C28H28BrO2P. The Morgan fingerprint density at radius 3 is 1.62 bits per heavy atom. The van der Waals surface area contributed by atoms with Crippen LogP contribution in [0.3, 0.4) is 0 Å². The monoisotopic (exact) mass is 506 g/mol. The summed E-state index contributed by atoms with van der Waals surface area (Å²) in [6.45, 7) is 1.10. The van der Waals surface area contributed by atoms with Crippen molar-refractivity contribution in [3.8, 4) is 5.75 Å². The molecule has 164 valence electrons. The average Bonchev–Trinajstić information content (AvgIpc) is 2.84. The van der Waals surface area contributed by atoms with Gasteiger partial charge in [0.1, 0.15) is 0 Å². The molecule has 4 rings (SSSR count). The van der Waals surface area contributed by atoms with Crippen LogP contribution in [0.15, 0.2) is 114 Å². The molecule has 0 bridgehead atoms. The van der Waals surface area contributed by atoms with Gasteiger partial charge in [-0.1, -0.05) is 0 Å². The van der Waals surface area contributed by atoms with Gasteiger partial charge in [0.05, 0.1) is 0 Å². The number of methoxy groups -OCH3 is 1. The number of hydrogen-bond donors (Lipinski definition) is 0. The average molecular weight is 507 g/mol. The second-order valence-electron chi connectivity index (χ2n) is 7.82. The molecule has 0 amide bonds. The molecule has 0 saturated heterocycles. The molecule has 0 atom stereocenters. The SMILES string of the molecule is COCCOc1cc(Br)cc(C[PH](c2ccccc2)(c2ccccc2)c2ccccc2)c1. The van der Waals surface area contributed by atoms with Gasteiger partial charge in [-0.25, -0.2) is 0 Å². The van der Waals surface area contributed by atoms with Crippen molar-refractivity contribution in [2.24, 2.45) is 0 Å². The van der Waals surface area contributed by atoms with Crippen molar-refractivity contribution < 1.29 is 9.47 Å². The molecular weight excluding hydrogens is 479 g/mol. The van der Waals surface area contributed by atoms with Gasteiger partial charge in [0.2, 0.25) is 0 Å². The second kappa shape index (κ2) is 10.9. The summed E-state index contributed by atoms with van der Waals surface area (Å²) in [7, 11) is -0.660. The molecule has 0 aliphatic heterocycles. The van der Waals surface area contributed by atoms with Crippen molar-refractivity contribution in [1.82, 2.24) is 0 Å². The molecule has 4 aromatic rings. The molecule has 4 aromatic carbocycles. The third kappa shape index (κ3) is 5.13. The van der Waals surface area contributed by atoms with E-state index in [1.165, 1.54) is 21.5 Å². The molecule has 0 N–H and O–H groups in total. The maximum atomic E-state index is 5.96. The fraction of sp³-hybridized carbons (Fsp3) is 0.143. The van der Waals surface area contributed by atoms with Gasteiger partial charge < -0.3 is 0 Å². The van der Waals surface area contributed by atoms with Gasteiger partial charge in [0.25, 0.3) is 0 Å². The van der Waals surface area contributed by atoms with Crippen LogP contribution in [0, 0.1) is 0 Å². The zero-order valence-corrected chi connectivity index (χ0v) is 20.8. The summed E-state index contributed by atoms with van der Waals surface area (Å²) in [6.07, 6.45) is 0.936. The van der Waals surface area contributed by atoms with Crippen molar-refractivity contribution in [3.63, 3.8) is 0 Å². The van der Waals surface area contributed by atoms with Crippen LogP contribution in [0.5, 0.6) is 5.75 Å². The Labute approximate surface area is 199 Å². The Hall–Kier alpha value is -2.45. The first-order valence-corrected chi connectivity index (χ1v) is 13.8. The van der Waals surface area contributed by atoms with Crippen LogP contribution in [-0.4, -0.2) is 20.3 Å². The summed E-state index contributed by atoms with van der Waals surface area (Å²) in [5.74, 6) is 0.864. The zero-order chi connectivity index (χ0) is 22.2. The van der Waals surface area contributed by atoms with Crippen LogP contribution in [0.2, 0.25) is 0 Å². The van der Waals surface area contributed by atoms with Gasteiger partial charge in [-0.15, -0.1) is 0 Å². The fourth-order valence-corrected chi connectivity index (χ4v) is 9.56. The van der Waals surface area contributed by atoms with Crippen LogP contribution in [0.25, 0.3) is 0 Å². The third-order valence-electron chi connectivity index (χ3n) is 5.76. The first kappa shape index (κ1) is 22.7. The van der Waals surface area contributed by atoms with E-state index in [0.29, 0.717) is 13.2 Å². The Morgan fingerprint density at radius 1 is 0.656 bits per heavy atom. The van der Waals surface area contributed by atoms with E-state index in [1.807, 2.05) is 6.07 Å². The van der Waals surface area contributed by atoms with Crippen molar-refractivity contribution >= 4 is 39.1 Å².